The number of rotatable bonds is 3. The van der Waals surface area contributed by atoms with Crippen molar-refractivity contribution in [3.8, 4) is 17.1 Å². The molecule has 2 aromatic rings. The number of nitrogens with zero attached hydrogens (tertiary/aromatic N) is 4. The van der Waals surface area contributed by atoms with E-state index in [1.807, 2.05) is 44.4 Å². The molecule has 23 heavy (non-hydrogen) atoms. The molecule has 0 aliphatic carbocycles. The number of anilines is 1. The average molecular weight is 330 g/mol. The van der Waals surface area contributed by atoms with Crippen molar-refractivity contribution >= 4 is 23.4 Å². The number of carbonyl (C=O) groups excluding carboxylic acids is 1. The Labute approximate surface area is 139 Å². The lowest BCUT2D eigenvalue weighted by Crippen LogP contribution is -2.43. The number of benzene rings is 1. The summed E-state index contributed by atoms with van der Waals surface area (Å²) in [6.45, 7) is 3.83. The van der Waals surface area contributed by atoms with E-state index in [1.54, 1.807) is 4.90 Å². The molecule has 120 valence electrons. The van der Waals surface area contributed by atoms with Gasteiger partial charge in [0.1, 0.15) is 0 Å². The minimum Gasteiger partial charge on any atom is -0.451 e. The molecule has 0 spiro atoms. The molecule has 0 saturated heterocycles. The molecule has 1 aromatic carbocycles. The third kappa shape index (κ3) is 2.76. The highest BCUT2D eigenvalue weighted by Gasteiger charge is 2.32. The molecule has 0 bridgehead atoms. The Hall–Kier alpha value is -2.15. The molecule has 6 nitrogen and oxygen atoms in total. The minimum atomic E-state index is -0.406. The number of hydrogen-bond donors (Lipinski definition) is 0. The van der Waals surface area contributed by atoms with Crippen molar-refractivity contribution in [1.82, 2.24) is 15.2 Å². The summed E-state index contributed by atoms with van der Waals surface area (Å²) < 4.78 is 6.04. The number of ether oxygens (including phenoxy) is 1. The first-order valence-electron chi connectivity index (χ1n) is 7.56. The van der Waals surface area contributed by atoms with Crippen LogP contribution in [0.3, 0.4) is 0 Å². The Morgan fingerprint density at radius 1 is 1.30 bits per heavy atom. The van der Waals surface area contributed by atoms with Crippen LogP contribution in [0.15, 0.2) is 29.4 Å². The van der Waals surface area contributed by atoms with Gasteiger partial charge in [-0.3, -0.25) is 9.69 Å². The van der Waals surface area contributed by atoms with Crippen molar-refractivity contribution < 1.29 is 9.53 Å². The summed E-state index contributed by atoms with van der Waals surface area (Å²) in [5.74, 6) is 0.435. The summed E-state index contributed by atoms with van der Waals surface area (Å²) in [6.07, 6.45) is 2.53. The lowest BCUT2D eigenvalue weighted by molar-refractivity contribution is -0.120. The van der Waals surface area contributed by atoms with E-state index in [0.29, 0.717) is 29.6 Å². The smallest absolute Gasteiger partial charge is 0.247 e. The van der Waals surface area contributed by atoms with Gasteiger partial charge in [0.25, 0.3) is 0 Å². The molecular formula is C16H18N4O2S. The van der Waals surface area contributed by atoms with Gasteiger partial charge in [0, 0.05) is 18.4 Å². The zero-order chi connectivity index (χ0) is 16.4. The van der Waals surface area contributed by atoms with E-state index in [9.17, 15) is 4.79 Å². The summed E-state index contributed by atoms with van der Waals surface area (Å²) in [5.41, 5.74) is 2.18. The number of thioether (sulfide) groups is 1. The first kappa shape index (κ1) is 15.7. The van der Waals surface area contributed by atoms with E-state index in [0.717, 1.165) is 11.3 Å². The van der Waals surface area contributed by atoms with Gasteiger partial charge in [-0.05, 0) is 12.3 Å². The maximum Gasteiger partial charge on any atom is 0.247 e. The van der Waals surface area contributed by atoms with Crippen LogP contribution in [0.5, 0.6) is 5.88 Å². The van der Waals surface area contributed by atoms with E-state index in [1.165, 1.54) is 11.8 Å². The zero-order valence-electron chi connectivity index (χ0n) is 13.3. The maximum absolute atomic E-state index is 12.5. The number of aromatic nitrogens is 3. The largest absolute Gasteiger partial charge is 0.451 e. The molecule has 1 aromatic heterocycles. The number of hydrogen-bond acceptors (Lipinski definition) is 6. The lowest BCUT2D eigenvalue weighted by Gasteiger charge is -2.29. The van der Waals surface area contributed by atoms with Crippen LogP contribution in [0, 0.1) is 0 Å². The molecule has 1 unspecified atom stereocenters. The van der Waals surface area contributed by atoms with Crippen LogP contribution in [-0.4, -0.2) is 33.6 Å². The Morgan fingerprint density at radius 3 is 2.78 bits per heavy atom. The zero-order valence-corrected chi connectivity index (χ0v) is 14.1. The van der Waals surface area contributed by atoms with E-state index in [-0.39, 0.29) is 5.91 Å². The minimum absolute atomic E-state index is 0.00940. The highest BCUT2D eigenvalue weighted by molar-refractivity contribution is 7.98. The van der Waals surface area contributed by atoms with Crippen molar-refractivity contribution in [3.63, 3.8) is 0 Å². The van der Waals surface area contributed by atoms with E-state index < -0.39 is 6.23 Å². The molecule has 1 amide bonds. The summed E-state index contributed by atoms with van der Waals surface area (Å²) in [6, 6.07) is 7.64. The lowest BCUT2D eigenvalue weighted by atomic mass is 10.1. The molecule has 1 atom stereocenters. The third-order valence-corrected chi connectivity index (χ3v) is 4.23. The molecule has 1 aliphatic rings. The van der Waals surface area contributed by atoms with Crippen LogP contribution >= 0.6 is 11.8 Å². The Kier molecular flexibility index (Phi) is 4.47. The fraction of sp³-hybridized carbons (Fsp3) is 0.375. The van der Waals surface area contributed by atoms with Crippen LogP contribution in [0.2, 0.25) is 0 Å². The Balaban J connectivity index is 2.23. The fourth-order valence-corrected chi connectivity index (χ4v) is 2.88. The van der Waals surface area contributed by atoms with Crippen molar-refractivity contribution in [2.75, 3.05) is 11.2 Å². The second-order valence-corrected chi connectivity index (χ2v) is 5.84. The van der Waals surface area contributed by atoms with Gasteiger partial charge < -0.3 is 4.74 Å². The van der Waals surface area contributed by atoms with Crippen LogP contribution in [0.1, 0.15) is 26.7 Å². The average Bonchev–Trinajstić information content (AvgIpc) is 2.74. The molecule has 0 radical (unpaired) electrons. The van der Waals surface area contributed by atoms with Crippen LogP contribution in [0.4, 0.5) is 5.69 Å². The van der Waals surface area contributed by atoms with Gasteiger partial charge in [0.05, 0.1) is 5.69 Å². The molecule has 1 aliphatic heterocycles. The van der Waals surface area contributed by atoms with E-state index in [2.05, 4.69) is 15.2 Å². The number of amides is 1. The van der Waals surface area contributed by atoms with E-state index in [4.69, 9.17) is 4.74 Å². The molecule has 3 rings (SSSR count). The van der Waals surface area contributed by atoms with Gasteiger partial charge in [-0.1, -0.05) is 43.8 Å². The number of fused-ring (bicyclic) bond motifs is 3. The van der Waals surface area contributed by atoms with Crippen LogP contribution in [0.25, 0.3) is 11.3 Å². The van der Waals surface area contributed by atoms with Crippen LogP contribution in [-0.2, 0) is 4.79 Å². The first-order valence-corrected chi connectivity index (χ1v) is 8.78. The molecule has 0 saturated carbocycles. The standard InChI is InChI=1S/C16H18N4O2S/c1-4-12(21)20-11-9-7-6-8-10(11)14-15(22-13(20)5-2)17-16(23-3)19-18-14/h6-9,13H,4-5H2,1-3H3. The SMILES string of the molecule is CCC(=O)N1c2ccccc2-c2nnc(SC)nc2OC1CC. The first-order chi connectivity index (χ1) is 11.2. The third-order valence-electron chi connectivity index (χ3n) is 3.69. The molecular weight excluding hydrogens is 312 g/mol. The summed E-state index contributed by atoms with van der Waals surface area (Å²) in [7, 11) is 0. The molecule has 2 heterocycles. The highest BCUT2D eigenvalue weighted by atomic mass is 32.2. The van der Waals surface area contributed by atoms with Gasteiger partial charge in [-0.25, -0.2) is 0 Å². The van der Waals surface area contributed by atoms with Crippen molar-refractivity contribution in [1.29, 1.82) is 0 Å². The molecule has 7 heteroatoms. The van der Waals surface area contributed by atoms with Gasteiger partial charge in [-0.2, -0.15) is 4.98 Å². The summed E-state index contributed by atoms with van der Waals surface area (Å²) >= 11 is 1.40. The van der Waals surface area contributed by atoms with Gasteiger partial charge >= 0.3 is 0 Å². The van der Waals surface area contributed by atoms with Crippen molar-refractivity contribution in [3.05, 3.63) is 24.3 Å². The van der Waals surface area contributed by atoms with Crippen molar-refractivity contribution in [2.45, 2.75) is 38.1 Å². The number of carbonyl (C=O) groups is 1. The summed E-state index contributed by atoms with van der Waals surface area (Å²) in [4.78, 5) is 18.7. The quantitative estimate of drug-likeness (QED) is 0.805. The molecule has 0 N–H and O–H groups in total. The maximum atomic E-state index is 12.5. The summed E-state index contributed by atoms with van der Waals surface area (Å²) in [5, 5.41) is 8.94. The normalized spacial score (nSPS) is 16.1. The predicted octanol–water partition coefficient (Wildman–Crippen LogP) is 3.13. The fourth-order valence-electron chi connectivity index (χ4n) is 2.59. The topological polar surface area (TPSA) is 68.2 Å². The highest BCUT2D eigenvalue weighted by Crippen LogP contribution is 2.39. The van der Waals surface area contributed by atoms with Crippen LogP contribution < -0.4 is 9.64 Å². The number of para-hydroxylation sites is 1. The molecule has 0 fully saturated rings. The predicted molar refractivity (Wildman–Crippen MR) is 89.5 cm³/mol. The Bertz CT molecular complexity index is 738. The van der Waals surface area contributed by atoms with Gasteiger partial charge in [0.15, 0.2) is 11.9 Å². The van der Waals surface area contributed by atoms with Gasteiger partial charge in [0.2, 0.25) is 16.9 Å². The van der Waals surface area contributed by atoms with E-state index >= 15 is 0 Å². The second kappa shape index (κ2) is 6.54. The van der Waals surface area contributed by atoms with Crippen molar-refractivity contribution in [2.24, 2.45) is 0 Å². The second-order valence-electron chi connectivity index (χ2n) is 5.07. The van der Waals surface area contributed by atoms with Gasteiger partial charge in [-0.15, -0.1) is 10.2 Å². The Morgan fingerprint density at radius 2 is 2.09 bits per heavy atom. The monoisotopic (exact) mass is 330 g/mol.